The number of carbonyl (C=O) groups excluding carboxylic acids is 2. The summed E-state index contributed by atoms with van der Waals surface area (Å²) in [6.45, 7) is -2.84. The van der Waals surface area contributed by atoms with Crippen LogP contribution in [0.3, 0.4) is 0 Å². The van der Waals surface area contributed by atoms with Gasteiger partial charge in [0.2, 0.25) is 0 Å². The zero-order valence-electron chi connectivity index (χ0n) is 18.4. The molecule has 0 bridgehead atoms. The van der Waals surface area contributed by atoms with Crippen LogP contribution < -0.4 is 15.9 Å². The topological polar surface area (TPSA) is 43.4 Å². The van der Waals surface area contributed by atoms with Crippen molar-refractivity contribution in [3.05, 3.63) is 127 Å². The van der Waals surface area contributed by atoms with Crippen molar-refractivity contribution in [3.8, 4) is 0 Å². The molecule has 0 aliphatic rings. The van der Waals surface area contributed by atoms with Gasteiger partial charge in [0, 0.05) is 6.42 Å². The normalized spacial score (nSPS) is 10.9. The van der Waals surface area contributed by atoms with Crippen LogP contribution in [0.1, 0.15) is 5.56 Å². The summed E-state index contributed by atoms with van der Waals surface area (Å²) >= 11 is 0. The molecule has 33 heavy (non-hydrogen) atoms. The highest BCUT2D eigenvalue weighted by molar-refractivity contribution is 7.97. The summed E-state index contributed by atoms with van der Waals surface area (Å²) in [4.78, 5) is 27.4. The largest absolute Gasteiger partial charge is 0.465 e. The number of hydrogen-bond donors (Lipinski definition) is 0. The first-order valence-electron chi connectivity index (χ1n) is 10.8. The summed E-state index contributed by atoms with van der Waals surface area (Å²) in [6, 6.07) is 39.1. The fourth-order valence-electron chi connectivity index (χ4n) is 4.19. The van der Waals surface area contributed by atoms with Gasteiger partial charge in [-0.3, -0.25) is 4.79 Å². The Hall–Kier alpha value is -3.68. The van der Waals surface area contributed by atoms with Crippen molar-refractivity contribution in [2.24, 2.45) is 0 Å². The Morgan fingerprint density at radius 1 is 0.606 bits per heavy atom. The van der Waals surface area contributed by atoms with Gasteiger partial charge >= 0.3 is 5.97 Å². The van der Waals surface area contributed by atoms with Crippen molar-refractivity contribution in [2.45, 2.75) is 6.42 Å². The van der Waals surface area contributed by atoms with Crippen LogP contribution in [0.15, 0.2) is 121 Å². The maximum Gasteiger partial charge on any atom is 0.342 e. The standard InChI is InChI=1S/C29H25O3P/c1-32-29(31)28(27(30)22-23-14-6-2-7-15-23)33(24-16-8-3-9-17-24,25-18-10-4-11-19-25)26-20-12-5-13-21-26/h2-21H,22H2,1H3. The van der Waals surface area contributed by atoms with Gasteiger partial charge in [-0.2, -0.15) is 0 Å². The minimum absolute atomic E-state index is 0.125. The van der Waals surface area contributed by atoms with Crippen LogP contribution in [0.2, 0.25) is 0 Å². The lowest BCUT2D eigenvalue weighted by atomic mass is 10.1. The first kappa shape index (κ1) is 22.5. The molecule has 3 nitrogen and oxygen atoms in total. The lowest BCUT2D eigenvalue weighted by molar-refractivity contribution is -0.133. The van der Waals surface area contributed by atoms with Crippen molar-refractivity contribution < 1.29 is 14.3 Å². The van der Waals surface area contributed by atoms with E-state index in [0.29, 0.717) is 0 Å². The van der Waals surface area contributed by atoms with Crippen molar-refractivity contribution >= 4 is 39.8 Å². The van der Waals surface area contributed by atoms with Gasteiger partial charge in [-0.25, -0.2) is 4.79 Å². The second-order valence-electron chi connectivity index (χ2n) is 7.60. The van der Waals surface area contributed by atoms with E-state index < -0.39 is 12.9 Å². The highest BCUT2D eigenvalue weighted by atomic mass is 31.2. The third-order valence-corrected chi connectivity index (χ3v) is 9.94. The fourth-order valence-corrected chi connectivity index (χ4v) is 8.53. The Bertz CT molecular complexity index is 1180. The Morgan fingerprint density at radius 3 is 1.33 bits per heavy atom. The second-order valence-corrected chi connectivity index (χ2v) is 10.9. The molecular formula is C29H25O3P. The Morgan fingerprint density at radius 2 is 0.970 bits per heavy atom. The van der Waals surface area contributed by atoms with E-state index in [1.54, 1.807) is 0 Å². The molecule has 0 unspecified atom stereocenters. The van der Waals surface area contributed by atoms with Crippen LogP contribution in [0, 0.1) is 0 Å². The molecule has 0 radical (unpaired) electrons. The smallest absolute Gasteiger partial charge is 0.342 e. The maximum absolute atomic E-state index is 14.0. The van der Waals surface area contributed by atoms with Gasteiger partial charge in [-0.1, -0.05) is 121 Å². The molecule has 4 heteroatoms. The van der Waals surface area contributed by atoms with Gasteiger partial charge in [0.05, 0.1) is 7.11 Å². The summed E-state index contributed by atoms with van der Waals surface area (Å²) in [5.41, 5.74) is 0.858. The van der Waals surface area contributed by atoms with E-state index in [-0.39, 0.29) is 17.5 Å². The molecule has 0 aromatic heterocycles. The number of benzene rings is 4. The number of methoxy groups -OCH3 is 1. The molecule has 0 fully saturated rings. The van der Waals surface area contributed by atoms with Gasteiger partial charge in [-0.15, -0.1) is 0 Å². The molecule has 4 aromatic rings. The number of hydrogen-bond acceptors (Lipinski definition) is 3. The molecule has 0 heterocycles. The Kier molecular flexibility index (Phi) is 7.02. The molecule has 0 N–H and O–H groups in total. The van der Waals surface area contributed by atoms with E-state index in [2.05, 4.69) is 0 Å². The molecule has 164 valence electrons. The molecule has 0 spiro atoms. The number of ketones is 1. The Balaban J connectivity index is 2.16. The van der Waals surface area contributed by atoms with Gasteiger partial charge in [-0.05, 0) is 28.4 Å². The zero-order chi connectivity index (χ0) is 23.1. The predicted molar refractivity (Wildman–Crippen MR) is 137 cm³/mol. The number of ether oxygens (including phenoxy) is 1. The predicted octanol–water partition coefficient (Wildman–Crippen LogP) is 4.14. The average Bonchev–Trinajstić information content (AvgIpc) is 2.89. The molecule has 0 aliphatic carbocycles. The van der Waals surface area contributed by atoms with Crippen molar-refractivity contribution in [3.63, 3.8) is 0 Å². The van der Waals surface area contributed by atoms with Gasteiger partial charge in [0.1, 0.15) is 5.29 Å². The van der Waals surface area contributed by atoms with Crippen LogP contribution >= 0.6 is 6.89 Å². The van der Waals surface area contributed by atoms with E-state index in [4.69, 9.17) is 4.74 Å². The van der Waals surface area contributed by atoms with E-state index in [1.165, 1.54) is 7.11 Å². The maximum atomic E-state index is 14.0. The van der Waals surface area contributed by atoms with E-state index in [1.807, 2.05) is 121 Å². The molecule has 4 aromatic carbocycles. The van der Waals surface area contributed by atoms with Crippen LogP contribution in [-0.4, -0.2) is 24.2 Å². The van der Waals surface area contributed by atoms with Crippen molar-refractivity contribution in [1.82, 2.24) is 0 Å². The lowest BCUT2D eigenvalue weighted by Gasteiger charge is -2.31. The molecule has 0 saturated carbocycles. The molecule has 0 amide bonds. The van der Waals surface area contributed by atoms with Crippen molar-refractivity contribution in [1.29, 1.82) is 0 Å². The number of Topliss-reactive ketones (excluding diaryl/α,β-unsaturated/α-hetero) is 1. The number of esters is 1. The minimum Gasteiger partial charge on any atom is -0.465 e. The first-order chi connectivity index (χ1) is 16.2. The van der Waals surface area contributed by atoms with Crippen molar-refractivity contribution in [2.75, 3.05) is 7.11 Å². The molecule has 0 atom stereocenters. The highest BCUT2D eigenvalue weighted by Crippen LogP contribution is 2.46. The third kappa shape index (κ3) is 4.46. The summed E-state index contributed by atoms with van der Waals surface area (Å²) in [7, 11) is 1.34. The van der Waals surface area contributed by atoms with E-state index in [9.17, 15) is 9.59 Å². The lowest BCUT2D eigenvalue weighted by Crippen LogP contribution is -2.38. The molecule has 0 aliphatic heterocycles. The monoisotopic (exact) mass is 452 g/mol. The summed E-state index contributed by atoms with van der Waals surface area (Å²) in [6.07, 6.45) is 0.125. The minimum atomic E-state index is -2.84. The van der Waals surface area contributed by atoms with E-state index >= 15 is 0 Å². The van der Waals surface area contributed by atoms with E-state index in [0.717, 1.165) is 21.5 Å². The second kappa shape index (κ2) is 10.3. The first-order valence-corrected chi connectivity index (χ1v) is 12.6. The van der Waals surface area contributed by atoms with Gasteiger partial charge < -0.3 is 4.74 Å². The van der Waals surface area contributed by atoms with Crippen LogP contribution in [0.25, 0.3) is 0 Å². The van der Waals surface area contributed by atoms with Crippen LogP contribution in [0.4, 0.5) is 0 Å². The molecule has 0 saturated heterocycles. The molecule has 4 rings (SSSR count). The number of rotatable bonds is 7. The van der Waals surface area contributed by atoms with Crippen LogP contribution in [-0.2, 0) is 20.7 Å². The highest BCUT2D eigenvalue weighted by Gasteiger charge is 2.37. The van der Waals surface area contributed by atoms with Crippen LogP contribution in [0.5, 0.6) is 0 Å². The third-order valence-electron chi connectivity index (χ3n) is 5.62. The summed E-state index contributed by atoms with van der Waals surface area (Å²) in [5, 5.41) is 3.01. The molecular weight excluding hydrogens is 427 g/mol. The number of carbonyl (C=O) groups is 2. The van der Waals surface area contributed by atoms with Gasteiger partial charge in [0.15, 0.2) is 5.78 Å². The summed E-state index contributed by atoms with van der Waals surface area (Å²) < 4.78 is 5.27. The van der Waals surface area contributed by atoms with Gasteiger partial charge in [0.25, 0.3) is 0 Å². The average molecular weight is 452 g/mol. The SMILES string of the molecule is COC(=O)C(C(=O)Cc1ccccc1)=P(c1ccccc1)(c1ccccc1)c1ccccc1. The Labute approximate surface area is 194 Å². The summed E-state index contributed by atoms with van der Waals surface area (Å²) in [5.74, 6) is -0.807. The zero-order valence-corrected chi connectivity index (χ0v) is 19.3. The fraction of sp³-hybridized carbons (Fsp3) is 0.0690. The quantitative estimate of drug-likeness (QED) is 0.241.